The normalized spacial score (nSPS) is 13.6. The number of likely N-dealkylation sites (N-methyl/N-ethyl adjacent to an activating group) is 1. The summed E-state index contributed by atoms with van der Waals surface area (Å²) in [6, 6.07) is 10.3. The van der Waals surface area contributed by atoms with Crippen LogP contribution in [0.25, 0.3) is 0 Å². The SMILES string of the molecule is CN(CCC#N)CC(O)COc1ccc(C(C)(C)CC(C)(C)C)cc1. The predicted molar refractivity (Wildman–Crippen MR) is 103 cm³/mol. The molecule has 0 aliphatic heterocycles. The smallest absolute Gasteiger partial charge is 0.119 e. The van der Waals surface area contributed by atoms with Crippen LogP contribution in [-0.4, -0.2) is 42.9 Å². The van der Waals surface area contributed by atoms with Gasteiger partial charge in [0.2, 0.25) is 0 Å². The molecule has 0 amide bonds. The van der Waals surface area contributed by atoms with Crippen molar-refractivity contribution >= 4 is 0 Å². The third-order valence-corrected chi connectivity index (χ3v) is 4.18. The van der Waals surface area contributed by atoms with Gasteiger partial charge in [0.25, 0.3) is 0 Å². The fraction of sp³-hybridized carbons (Fsp3) is 0.667. The van der Waals surface area contributed by atoms with E-state index in [9.17, 15) is 5.11 Å². The Balaban J connectivity index is 2.53. The highest BCUT2D eigenvalue weighted by molar-refractivity contribution is 5.31. The number of hydrogen-bond donors (Lipinski definition) is 1. The third-order valence-electron chi connectivity index (χ3n) is 4.18. The Labute approximate surface area is 153 Å². The van der Waals surface area contributed by atoms with Gasteiger partial charge in [-0.3, -0.25) is 0 Å². The number of nitrogens with zero attached hydrogens (tertiary/aromatic N) is 2. The molecule has 0 spiro atoms. The van der Waals surface area contributed by atoms with Crippen LogP contribution in [0.4, 0.5) is 0 Å². The molecule has 1 atom stereocenters. The summed E-state index contributed by atoms with van der Waals surface area (Å²) in [4.78, 5) is 1.94. The molecular formula is C21H34N2O2. The molecule has 1 rings (SSSR count). The molecule has 0 fully saturated rings. The lowest BCUT2D eigenvalue weighted by molar-refractivity contribution is 0.0769. The van der Waals surface area contributed by atoms with Crippen LogP contribution in [0.1, 0.15) is 53.0 Å². The van der Waals surface area contributed by atoms with E-state index in [1.807, 2.05) is 24.1 Å². The van der Waals surface area contributed by atoms with Gasteiger partial charge in [-0.05, 0) is 42.0 Å². The first kappa shape index (κ1) is 21.5. The quantitative estimate of drug-likeness (QED) is 0.734. The number of ether oxygens (including phenoxy) is 1. The summed E-state index contributed by atoms with van der Waals surface area (Å²) < 4.78 is 5.70. The highest BCUT2D eigenvalue weighted by atomic mass is 16.5. The lowest BCUT2D eigenvalue weighted by Crippen LogP contribution is -2.33. The minimum absolute atomic E-state index is 0.111. The number of rotatable bonds is 9. The Hall–Kier alpha value is -1.57. The van der Waals surface area contributed by atoms with Crippen molar-refractivity contribution in [3.05, 3.63) is 29.8 Å². The molecule has 25 heavy (non-hydrogen) atoms. The Morgan fingerprint density at radius 1 is 1.16 bits per heavy atom. The summed E-state index contributed by atoms with van der Waals surface area (Å²) in [6.07, 6.45) is 1.00. The fourth-order valence-electron chi connectivity index (χ4n) is 3.37. The summed E-state index contributed by atoms with van der Waals surface area (Å²) in [5.74, 6) is 0.772. The molecule has 0 aliphatic rings. The first-order chi connectivity index (χ1) is 11.5. The van der Waals surface area contributed by atoms with E-state index in [0.29, 0.717) is 19.5 Å². The topological polar surface area (TPSA) is 56.5 Å². The second-order valence-corrected chi connectivity index (χ2v) is 8.78. The van der Waals surface area contributed by atoms with E-state index in [1.165, 1.54) is 5.56 Å². The first-order valence-electron chi connectivity index (χ1n) is 9.00. The van der Waals surface area contributed by atoms with Gasteiger partial charge in [-0.25, -0.2) is 0 Å². The standard InChI is InChI=1S/C21H34N2O2/c1-20(2,3)16-21(4,5)17-8-10-19(11-9-17)25-15-18(24)14-23(6)13-7-12-22/h8-11,18,24H,7,13-16H2,1-6H3. The average molecular weight is 347 g/mol. The number of benzene rings is 1. The van der Waals surface area contributed by atoms with Gasteiger partial charge in [-0.1, -0.05) is 46.8 Å². The zero-order chi connectivity index (χ0) is 19.1. The molecule has 0 bridgehead atoms. The molecule has 1 aromatic rings. The maximum Gasteiger partial charge on any atom is 0.119 e. The molecule has 0 aliphatic carbocycles. The van der Waals surface area contributed by atoms with Gasteiger partial charge in [0, 0.05) is 19.5 Å². The molecule has 0 aromatic heterocycles. The molecule has 1 aromatic carbocycles. The Kier molecular flexibility index (Phi) is 7.92. The highest BCUT2D eigenvalue weighted by Crippen LogP contribution is 2.36. The summed E-state index contributed by atoms with van der Waals surface area (Å²) in [6.45, 7) is 12.7. The molecule has 0 saturated carbocycles. The molecule has 0 saturated heterocycles. The van der Waals surface area contributed by atoms with Crippen molar-refractivity contribution in [2.24, 2.45) is 5.41 Å². The van der Waals surface area contributed by atoms with Gasteiger partial charge in [0.1, 0.15) is 18.5 Å². The van der Waals surface area contributed by atoms with Gasteiger partial charge in [-0.15, -0.1) is 0 Å². The minimum atomic E-state index is -0.569. The van der Waals surface area contributed by atoms with Crippen molar-refractivity contribution < 1.29 is 9.84 Å². The summed E-state index contributed by atoms with van der Waals surface area (Å²) in [5.41, 5.74) is 1.69. The van der Waals surface area contributed by atoms with E-state index in [0.717, 1.165) is 12.2 Å². The van der Waals surface area contributed by atoms with Crippen LogP contribution in [0, 0.1) is 16.7 Å². The van der Waals surface area contributed by atoms with Crippen LogP contribution in [0.3, 0.4) is 0 Å². The molecule has 4 nitrogen and oxygen atoms in total. The molecule has 1 unspecified atom stereocenters. The van der Waals surface area contributed by atoms with Crippen LogP contribution in [0.2, 0.25) is 0 Å². The molecular weight excluding hydrogens is 312 g/mol. The van der Waals surface area contributed by atoms with Crippen LogP contribution >= 0.6 is 0 Å². The van der Waals surface area contributed by atoms with Crippen molar-refractivity contribution in [1.29, 1.82) is 5.26 Å². The fourth-order valence-corrected chi connectivity index (χ4v) is 3.37. The van der Waals surface area contributed by atoms with Crippen LogP contribution in [0.5, 0.6) is 5.75 Å². The molecule has 4 heteroatoms. The van der Waals surface area contributed by atoms with Crippen molar-refractivity contribution in [2.45, 2.75) is 59.0 Å². The number of aliphatic hydroxyl groups excluding tert-OH is 1. The first-order valence-corrected chi connectivity index (χ1v) is 9.00. The van der Waals surface area contributed by atoms with Crippen molar-refractivity contribution in [1.82, 2.24) is 4.90 Å². The van der Waals surface area contributed by atoms with Crippen molar-refractivity contribution in [2.75, 3.05) is 26.7 Å². The van der Waals surface area contributed by atoms with Crippen LogP contribution in [-0.2, 0) is 5.41 Å². The van der Waals surface area contributed by atoms with E-state index < -0.39 is 6.10 Å². The van der Waals surface area contributed by atoms with Gasteiger partial charge in [0.15, 0.2) is 0 Å². The van der Waals surface area contributed by atoms with Gasteiger partial charge >= 0.3 is 0 Å². The second-order valence-electron chi connectivity index (χ2n) is 8.78. The summed E-state index contributed by atoms with van der Waals surface area (Å²) in [5, 5.41) is 18.6. The van der Waals surface area contributed by atoms with Gasteiger partial charge in [-0.2, -0.15) is 5.26 Å². The largest absolute Gasteiger partial charge is 0.491 e. The lowest BCUT2D eigenvalue weighted by atomic mass is 9.72. The number of hydrogen-bond acceptors (Lipinski definition) is 4. The predicted octanol–water partition coefficient (Wildman–Crippen LogP) is 3.99. The van der Waals surface area contributed by atoms with Gasteiger partial charge < -0.3 is 14.7 Å². The van der Waals surface area contributed by atoms with E-state index in [2.05, 4.69) is 52.8 Å². The third kappa shape index (κ3) is 8.38. The molecule has 0 heterocycles. The summed E-state index contributed by atoms with van der Waals surface area (Å²) >= 11 is 0. The van der Waals surface area contributed by atoms with E-state index >= 15 is 0 Å². The zero-order valence-electron chi connectivity index (χ0n) is 16.7. The molecule has 0 radical (unpaired) electrons. The van der Waals surface area contributed by atoms with Crippen LogP contribution < -0.4 is 4.74 Å². The second kappa shape index (κ2) is 9.22. The Bertz CT molecular complexity index is 553. The highest BCUT2D eigenvalue weighted by Gasteiger charge is 2.27. The minimum Gasteiger partial charge on any atom is -0.491 e. The Morgan fingerprint density at radius 2 is 1.76 bits per heavy atom. The van der Waals surface area contributed by atoms with E-state index in [1.54, 1.807) is 0 Å². The maximum atomic E-state index is 10.0. The number of nitriles is 1. The zero-order valence-corrected chi connectivity index (χ0v) is 16.7. The molecule has 140 valence electrons. The monoisotopic (exact) mass is 346 g/mol. The van der Waals surface area contributed by atoms with E-state index in [-0.39, 0.29) is 17.4 Å². The van der Waals surface area contributed by atoms with Crippen molar-refractivity contribution in [3.8, 4) is 11.8 Å². The lowest BCUT2D eigenvalue weighted by Gasteiger charge is -2.33. The molecule has 1 N–H and O–H groups in total. The van der Waals surface area contributed by atoms with Gasteiger partial charge in [0.05, 0.1) is 6.07 Å². The average Bonchev–Trinajstić information content (AvgIpc) is 2.49. The van der Waals surface area contributed by atoms with Crippen LogP contribution in [0.15, 0.2) is 24.3 Å². The maximum absolute atomic E-state index is 10.0. The Morgan fingerprint density at radius 3 is 2.28 bits per heavy atom. The van der Waals surface area contributed by atoms with E-state index in [4.69, 9.17) is 10.00 Å². The number of aliphatic hydroxyl groups is 1. The summed E-state index contributed by atoms with van der Waals surface area (Å²) in [7, 11) is 1.90. The van der Waals surface area contributed by atoms with Crippen molar-refractivity contribution in [3.63, 3.8) is 0 Å².